The Kier molecular flexibility index (Phi) is 5.84. The first-order valence-electron chi connectivity index (χ1n) is 7.58. The van der Waals surface area contributed by atoms with Crippen molar-refractivity contribution in [1.82, 2.24) is 5.32 Å². The van der Waals surface area contributed by atoms with E-state index in [1.807, 2.05) is 0 Å². The lowest BCUT2D eigenvalue weighted by atomic mass is 10.0. The van der Waals surface area contributed by atoms with Gasteiger partial charge in [0.1, 0.15) is 11.9 Å². The summed E-state index contributed by atoms with van der Waals surface area (Å²) < 4.78 is 13.8. The van der Waals surface area contributed by atoms with Crippen molar-refractivity contribution in [2.75, 3.05) is 5.32 Å². The zero-order valence-electron chi connectivity index (χ0n) is 13.6. The summed E-state index contributed by atoms with van der Waals surface area (Å²) >= 11 is 0. The van der Waals surface area contributed by atoms with E-state index < -0.39 is 23.7 Å². The molecule has 2 aromatic carbocycles. The Morgan fingerprint density at radius 2 is 1.72 bits per heavy atom. The Morgan fingerprint density at radius 3 is 2.36 bits per heavy atom. The van der Waals surface area contributed by atoms with E-state index >= 15 is 0 Å². The molecule has 0 saturated heterocycles. The van der Waals surface area contributed by atoms with E-state index in [9.17, 15) is 18.8 Å². The molecular weight excluding hydrogens is 325 g/mol. The molecule has 6 nitrogen and oxygen atoms in total. The monoisotopic (exact) mass is 343 g/mol. The normalized spacial score (nSPS) is 11.4. The van der Waals surface area contributed by atoms with Crippen LogP contribution in [-0.2, 0) is 16.0 Å². The molecule has 0 fully saturated rings. The number of rotatable bonds is 6. The van der Waals surface area contributed by atoms with Crippen LogP contribution in [-0.4, -0.2) is 23.8 Å². The Hall–Kier alpha value is -3.22. The summed E-state index contributed by atoms with van der Waals surface area (Å²) in [5.41, 5.74) is 6.08. The van der Waals surface area contributed by atoms with E-state index in [4.69, 9.17) is 5.73 Å². The van der Waals surface area contributed by atoms with E-state index in [-0.39, 0.29) is 23.5 Å². The highest BCUT2D eigenvalue weighted by Crippen LogP contribution is 2.16. The molecule has 7 heteroatoms. The van der Waals surface area contributed by atoms with Crippen LogP contribution in [0.3, 0.4) is 0 Å². The minimum atomic E-state index is -1.09. The van der Waals surface area contributed by atoms with Gasteiger partial charge in [0.25, 0.3) is 5.91 Å². The highest BCUT2D eigenvalue weighted by Gasteiger charge is 2.22. The topological polar surface area (TPSA) is 101 Å². The number of benzene rings is 2. The average molecular weight is 343 g/mol. The van der Waals surface area contributed by atoms with Gasteiger partial charge in [0.2, 0.25) is 11.8 Å². The van der Waals surface area contributed by atoms with Gasteiger partial charge in [0.15, 0.2) is 0 Å². The first kappa shape index (κ1) is 18.1. The number of anilines is 1. The van der Waals surface area contributed by atoms with Crippen LogP contribution in [0.4, 0.5) is 10.1 Å². The molecule has 130 valence electrons. The minimum absolute atomic E-state index is 0.0734. The van der Waals surface area contributed by atoms with Gasteiger partial charge in [-0.3, -0.25) is 14.4 Å². The number of halogens is 1. The van der Waals surface area contributed by atoms with Gasteiger partial charge in [-0.15, -0.1) is 0 Å². The maximum atomic E-state index is 13.8. The number of carbonyl (C=O) groups is 3. The molecule has 0 saturated carbocycles. The van der Waals surface area contributed by atoms with Crippen LogP contribution in [0.15, 0.2) is 48.5 Å². The smallest absolute Gasteiger partial charge is 0.254 e. The molecule has 0 aliphatic heterocycles. The second kappa shape index (κ2) is 8.05. The van der Waals surface area contributed by atoms with Gasteiger partial charge in [-0.1, -0.05) is 30.3 Å². The highest BCUT2D eigenvalue weighted by molar-refractivity contribution is 6.04. The Labute approximate surface area is 144 Å². The molecule has 0 spiro atoms. The Balaban J connectivity index is 2.20. The molecule has 2 aromatic rings. The molecule has 0 unspecified atom stereocenters. The predicted octanol–water partition coefficient (Wildman–Crippen LogP) is 1.61. The van der Waals surface area contributed by atoms with Crippen molar-refractivity contribution in [1.29, 1.82) is 0 Å². The minimum Gasteiger partial charge on any atom is -0.368 e. The van der Waals surface area contributed by atoms with Crippen molar-refractivity contribution in [3.8, 4) is 0 Å². The molecule has 0 aromatic heterocycles. The number of hydrogen-bond acceptors (Lipinski definition) is 3. The summed E-state index contributed by atoms with van der Waals surface area (Å²) in [6, 6.07) is 11.2. The number of amides is 3. The van der Waals surface area contributed by atoms with Crippen molar-refractivity contribution >= 4 is 23.4 Å². The molecule has 25 heavy (non-hydrogen) atoms. The summed E-state index contributed by atoms with van der Waals surface area (Å²) in [6.07, 6.45) is -0.0734. The number of nitrogens with two attached hydrogens (primary N) is 1. The van der Waals surface area contributed by atoms with Crippen molar-refractivity contribution in [2.45, 2.75) is 19.4 Å². The number of hydrogen-bond donors (Lipinski definition) is 3. The van der Waals surface area contributed by atoms with E-state index in [1.54, 1.807) is 24.3 Å². The standard InChI is InChI=1S/C18H18FN3O3/c1-11(23)21-15-9-5-3-7-13(15)18(25)22-16(17(20)24)10-12-6-2-4-8-14(12)19/h2-9,16H,10H2,1H3,(H2,20,24)(H,21,23)(H,22,25)/t16-/m0/s1. The summed E-state index contributed by atoms with van der Waals surface area (Å²) in [5, 5.41) is 5.03. The second-order valence-corrected chi connectivity index (χ2v) is 5.45. The first-order valence-corrected chi connectivity index (χ1v) is 7.58. The molecular formula is C18H18FN3O3. The van der Waals surface area contributed by atoms with Crippen molar-refractivity contribution in [3.63, 3.8) is 0 Å². The molecule has 0 aliphatic rings. The zero-order valence-corrected chi connectivity index (χ0v) is 13.6. The molecule has 4 N–H and O–H groups in total. The van der Waals surface area contributed by atoms with Gasteiger partial charge < -0.3 is 16.4 Å². The third kappa shape index (κ3) is 4.87. The van der Waals surface area contributed by atoms with Crippen LogP contribution in [0, 0.1) is 5.82 Å². The fourth-order valence-electron chi connectivity index (χ4n) is 2.32. The van der Waals surface area contributed by atoms with Crippen molar-refractivity contribution < 1.29 is 18.8 Å². The van der Waals surface area contributed by atoms with Crippen LogP contribution in [0.1, 0.15) is 22.8 Å². The van der Waals surface area contributed by atoms with E-state index in [1.165, 1.54) is 31.2 Å². The Bertz CT molecular complexity index is 808. The molecule has 0 radical (unpaired) electrons. The summed E-state index contributed by atoms with van der Waals surface area (Å²) in [5.74, 6) is -2.20. The summed E-state index contributed by atoms with van der Waals surface area (Å²) in [4.78, 5) is 35.4. The van der Waals surface area contributed by atoms with Gasteiger partial charge in [0, 0.05) is 13.3 Å². The van der Waals surface area contributed by atoms with Crippen LogP contribution < -0.4 is 16.4 Å². The number of nitrogens with one attached hydrogen (secondary N) is 2. The third-order valence-electron chi connectivity index (χ3n) is 3.51. The summed E-state index contributed by atoms with van der Waals surface area (Å²) in [7, 11) is 0. The number of para-hydroxylation sites is 1. The number of carbonyl (C=O) groups excluding carboxylic acids is 3. The second-order valence-electron chi connectivity index (χ2n) is 5.45. The van der Waals surface area contributed by atoms with Crippen LogP contribution >= 0.6 is 0 Å². The quantitative estimate of drug-likeness (QED) is 0.743. The maximum Gasteiger partial charge on any atom is 0.254 e. The third-order valence-corrected chi connectivity index (χ3v) is 3.51. The van der Waals surface area contributed by atoms with Gasteiger partial charge >= 0.3 is 0 Å². The maximum absolute atomic E-state index is 13.8. The van der Waals surface area contributed by atoms with E-state index in [0.29, 0.717) is 5.69 Å². The van der Waals surface area contributed by atoms with Gasteiger partial charge in [-0.25, -0.2) is 4.39 Å². The van der Waals surface area contributed by atoms with E-state index in [0.717, 1.165) is 0 Å². The van der Waals surface area contributed by atoms with E-state index in [2.05, 4.69) is 10.6 Å². The van der Waals surface area contributed by atoms with Crippen LogP contribution in [0.25, 0.3) is 0 Å². The zero-order chi connectivity index (χ0) is 18.4. The van der Waals surface area contributed by atoms with Gasteiger partial charge in [-0.2, -0.15) is 0 Å². The van der Waals surface area contributed by atoms with Crippen LogP contribution in [0.5, 0.6) is 0 Å². The van der Waals surface area contributed by atoms with Crippen LogP contribution in [0.2, 0.25) is 0 Å². The molecule has 0 bridgehead atoms. The fraction of sp³-hybridized carbons (Fsp3) is 0.167. The molecule has 2 rings (SSSR count). The molecule has 3 amide bonds. The SMILES string of the molecule is CC(=O)Nc1ccccc1C(=O)N[C@@H](Cc1ccccc1F)C(N)=O. The first-order chi connectivity index (χ1) is 11.9. The molecule has 0 aliphatic carbocycles. The number of primary amides is 1. The lowest BCUT2D eigenvalue weighted by molar-refractivity contribution is -0.119. The fourth-order valence-corrected chi connectivity index (χ4v) is 2.32. The lowest BCUT2D eigenvalue weighted by Gasteiger charge is -2.17. The molecule has 1 atom stereocenters. The predicted molar refractivity (Wildman–Crippen MR) is 91.3 cm³/mol. The largest absolute Gasteiger partial charge is 0.368 e. The van der Waals surface area contributed by atoms with Gasteiger partial charge in [-0.05, 0) is 23.8 Å². The highest BCUT2D eigenvalue weighted by atomic mass is 19.1. The summed E-state index contributed by atoms with van der Waals surface area (Å²) in [6.45, 7) is 1.32. The molecule has 0 heterocycles. The van der Waals surface area contributed by atoms with Gasteiger partial charge in [0.05, 0.1) is 11.3 Å². The lowest BCUT2D eigenvalue weighted by Crippen LogP contribution is -2.46. The average Bonchev–Trinajstić information content (AvgIpc) is 2.55. The van der Waals surface area contributed by atoms with Crippen molar-refractivity contribution in [2.24, 2.45) is 5.73 Å². The Morgan fingerprint density at radius 1 is 1.08 bits per heavy atom. The van der Waals surface area contributed by atoms with Crippen molar-refractivity contribution in [3.05, 3.63) is 65.5 Å².